The second kappa shape index (κ2) is 7.48. The van der Waals surface area contributed by atoms with Crippen LogP contribution in [0.3, 0.4) is 0 Å². The number of aryl methyl sites for hydroxylation is 1. The molecule has 144 valence electrons. The van der Waals surface area contributed by atoms with Crippen LogP contribution in [0, 0.1) is 12.7 Å². The maximum absolute atomic E-state index is 14.0. The fraction of sp³-hybridized carbons (Fsp3) is 0.0455. The molecular formula is C22H15ClFN3O2. The molecule has 0 aliphatic rings. The summed E-state index contributed by atoms with van der Waals surface area (Å²) in [4.78, 5) is 29.8. The van der Waals surface area contributed by atoms with E-state index >= 15 is 0 Å². The summed E-state index contributed by atoms with van der Waals surface area (Å²) in [5.41, 5.74) is 1.33. The lowest BCUT2D eigenvalue weighted by molar-refractivity contribution is 0.102. The zero-order valence-corrected chi connectivity index (χ0v) is 16.1. The van der Waals surface area contributed by atoms with Crippen LogP contribution in [0.4, 0.5) is 10.1 Å². The van der Waals surface area contributed by atoms with Crippen LogP contribution in [-0.4, -0.2) is 15.5 Å². The van der Waals surface area contributed by atoms with Crippen molar-refractivity contribution in [2.24, 2.45) is 0 Å². The largest absolute Gasteiger partial charge is 0.319 e. The average Bonchev–Trinajstić information content (AvgIpc) is 2.72. The van der Waals surface area contributed by atoms with Crippen molar-refractivity contribution in [1.82, 2.24) is 9.55 Å². The summed E-state index contributed by atoms with van der Waals surface area (Å²) in [6.45, 7) is 1.75. The summed E-state index contributed by atoms with van der Waals surface area (Å²) < 4.78 is 15.5. The highest BCUT2D eigenvalue weighted by molar-refractivity contribution is 6.31. The van der Waals surface area contributed by atoms with Crippen LogP contribution in [0.15, 0.2) is 71.5 Å². The Morgan fingerprint density at radius 2 is 1.76 bits per heavy atom. The van der Waals surface area contributed by atoms with Gasteiger partial charge in [-0.2, -0.15) is 0 Å². The number of nitrogens with one attached hydrogen (secondary N) is 1. The third kappa shape index (κ3) is 3.50. The summed E-state index contributed by atoms with van der Waals surface area (Å²) in [5.74, 6) is -0.645. The van der Waals surface area contributed by atoms with Crippen LogP contribution in [0.5, 0.6) is 0 Å². The van der Waals surface area contributed by atoms with E-state index in [1.807, 2.05) is 6.07 Å². The van der Waals surface area contributed by atoms with Crippen LogP contribution < -0.4 is 10.9 Å². The minimum absolute atomic E-state index is 0.00244. The number of rotatable bonds is 3. The molecule has 0 bridgehead atoms. The number of hydrogen-bond acceptors (Lipinski definition) is 3. The van der Waals surface area contributed by atoms with Crippen molar-refractivity contribution in [3.8, 4) is 5.69 Å². The SMILES string of the molecule is Cc1nc2ccccc2c(=O)n1-c1ccc(C(=O)Nc2cccc(Cl)c2F)cc1. The molecule has 0 atom stereocenters. The van der Waals surface area contributed by atoms with Gasteiger partial charge in [0.05, 0.1) is 27.3 Å². The van der Waals surface area contributed by atoms with Crippen molar-refractivity contribution in [3.63, 3.8) is 0 Å². The van der Waals surface area contributed by atoms with Crippen LogP contribution in [-0.2, 0) is 0 Å². The van der Waals surface area contributed by atoms with Crippen LogP contribution in [0.25, 0.3) is 16.6 Å². The third-order valence-electron chi connectivity index (χ3n) is 4.53. The van der Waals surface area contributed by atoms with Crippen molar-refractivity contribution in [2.45, 2.75) is 6.92 Å². The molecule has 0 saturated heterocycles. The molecule has 3 aromatic carbocycles. The normalized spacial score (nSPS) is 10.9. The van der Waals surface area contributed by atoms with Crippen molar-refractivity contribution in [1.29, 1.82) is 0 Å². The Hall–Kier alpha value is -3.51. The highest BCUT2D eigenvalue weighted by Crippen LogP contribution is 2.22. The Kier molecular flexibility index (Phi) is 4.86. The van der Waals surface area contributed by atoms with Gasteiger partial charge in [-0.05, 0) is 55.5 Å². The Labute approximate surface area is 170 Å². The quantitative estimate of drug-likeness (QED) is 0.533. The topological polar surface area (TPSA) is 64.0 Å². The number of aromatic nitrogens is 2. The Morgan fingerprint density at radius 3 is 2.52 bits per heavy atom. The first-order valence-electron chi connectivity index (χ1n) is 8.80. The van der Waals surface area contributed by atoms with E-state index in [1.54, 1.807) is 55.5 Å². The van der Waals surface area contributed by atoms with Gasteiger partial charge in [0.25, 0.3) is 11.5 Å². The van der Waals surface area contributed by atoms with Crippen molar-refractivity contribution in [3.05, 3.63) is 99.3 Å². The highest BCUT2D eigenvalue weighted by Gasteiger charge is 2.13. The van der Waals surface area contributed by atoms with Gasteiger partial charge >= 0.3 is 0 Å². The minimum Gasteiger partial charge on any atom is -0.319 e. The standard InChI is InChI=1S/C22H15ClFN3O2/c1-13-25-18-7-3-2-5-16(18)22(29)27(13)15-11-9-14(10-12-15)21(28)26-19-8-4-6-17(23)20(19)24/h2-12H,1H3,(H,26,28). The van der Waals surface area contributed by atoms with Crippen LogP contribution in [0.1, 0.15) is 16.2 Å². The first kappa shape index (κ1) is 18.8. The third-order valence-corrected chi connectivity index (χ3v) is 4.82. The van der Waals surface area contributed by atoms with Gasteiger partial charge in [-0.3, -0.25) is 14.2 Å². The molecule has 0 saturated carbocycles. The number of hydrogen-bond donors (Lipinski definition) is 1. The van der Waals surface area contributed by atoms with Gasteiger partial charge in [0.15, 0.2) is 5.82 Å². The Balaban J connectivity index is 1.66. The van der Waals surface area contributed by atoms with E-state index in [0.29, 0.717) is 28.0 Å². The van der Waals surface area contributed by atoms with Crippen molar-refractivity contribution >= 4 is 34.1 Å². The molecule has 0 unspecified atom stereocenters. The highest BCUT2D eigenvalue weighted by atomic mass is 35.5. The minimum atomic E-state index is -0.691. The number of amides is 1. The first-order chi connectivity index (χ1) is 14.0. The fourth-order valence-electron chi connectivity index (χ4n) is 3.10. The van der Waals surface area contributed by atoms with Gasteiger partial charge in [0, 0.05) is 5.56 Å². The van der Waals surface area contributed by atoms with Crippen molar-refractivity contribution in [2.75, 3.05) is 5.32 Å². The predicted octanol–water partition coefficient (Wildman–Crippen LogP) is 4.74. The summed E-state index contributed by atoms with van der Waals surface area (Å²) in [7, 11) is 0. The van der Waals surface area contributed by atoms with E-state index in [-0.39, 0.29) is 16.3 Å². The molecule has 0 fully saturated rings. The predicted molar refractivity (Wildman–Crippen MR) is 111 cm³/mol. The average molecular weight is 408 g/mol. The van der Waals surface area contributed by atoms with Gasteiger partial charge in [0.2, 0.25) is 0 Å². The Bertz CT molecular complexity index is 1300. The number of benzene rings is 3. The number of anilines is 1. The number of carbonyl (C=O) groups excluding carboxylic acids is 1. The maximum atomic E-state index is 14.0. The zero-order chi connectivity index (χ0) is 20.5. The number of para-hydroxylation sites is 1. The molecule has 1 amide bonds. The molecule has 0 aliphatic carbocycles. The second-order valence-electron chi connectivity index (χ2n) is 6.42. The molecular weight excluding hydrogens is 393 g/mol. The molecule has 0 aliphatic heterocycles. The van der Waals surface area contributed by atoms with Crippen LogP contribution in [0.2, 0.25) is 5.02 Å². The smallest absolute Gasteiger partial charge is 0.265 e. The monoisotopic (exact) mass is 407 g/mol. The molecule has 4 aromatic rings. The molecule has 29 heavy (non-hydrogen) atoms. The molecule has 0 radical (unpaired) electrons. The van der Waals surface area contributed by atoms with E-state index in [0.717, 1.165) is 0 Å². The molecule has 1 heterocycles. The lowest BCUT2D eigenvalue weighted by Crippen LogP contribution is -2.22. The van der Waals surface area contributed by atoms with E-state index in [9.17, 15) is 14.0 Å². The molecule has 1 aromatic heterocycles. The van der Waals surface area contributed by atoms with E-state index < -0.39 is 11.7 Å². The molecule has 0 spiro atoms. The van der Waals surface area contributed by atoms with Gasteiger partial charge in [-0.25, -0.2) is 9.37 Å². The van der Waals surface area contributed by atoms with Gasteiger partial charge in [-0.15, -0.1) is 0 Å². The fourth-order valence-corrected chi connectivity index (χ4v) is 3.28. The maximum Gasteiger partial charge on any atom is 0.265 e. The Morgan fingerprint density at radius 1 is 1.03 bits per heavy atom. The zero-order valence-electron chi connectivity index (χ0n) is 15.3. The number of nitrogens with zero attached hydrogens (tertiary/aromatic N) is 2. The van der Waals surface area contributed by atoms with Gasteiger partial charge in [0.1, 0.15) is 5.82 Å². The lowest BCUT2D eigenvalue weighted by atomic mass is 10.1. The van der Waals surface area contributed by atoms with Gasteiger partial charge < -0.3 is 5.32 Å². The van der Waals surface area contributed by atoms with E-state index in [1.165, 1.54) is 16.7 Å². The second-order valence-corrected chi connectivity index (χ2v) is 6.83. The van der Waals surface area contributed by atoms with E-state index in [2.05, 4.69) is 10.3 Å². The number of carbonyl (C=O) groups is 1. The van der Waals surface area contributed by atoms with E-state index in [4.69, 9.17) is 11.6 Å². The number of halogens is 2. The van der Waals surface area contributed by atoms with Crippen molar-refractivity contribution < 1.29 is 9.18 Å². The summed E-state index contributed by atoms with van der Waals surface area (Å²) in [5, 5.41) is 2.93. The van der Waals surface area contributed by atoms with Gasteiger partial charge in [-0.1, -0.05) is 29.8 Å². The lowest BCUT2D eigenvalue weighted by Gasteiger charge is -2.12. The molecule has 5 nitrogen and oxygen atoms in total. The summed E-state index contributed by atoms with van der Waals surface area (Å²) in [6.07, 6.45) is 0. The summed E-state index contributed by atoms with van der Waals surface area (Å²) in [6, 6.07) is 17.9. The summed E-state index contributed by atoms with van der Waals surface area (Å²) >= 11 is 5.74. The van der Waals surface area contributed by atoms with Crippen LogP contribution >= 0.6 is 11.6 Å². The molecule has 7 heteroatoms. The molecule has 4 rings (SSSR count). The number of fused-ring (bicyclic) bond motifs is 1. The molecule has 1 N–H and O–H groups in total. The first-order valence-corrected chi connectivity index (χ1v) is 9.17.